The van der Waals surface area contributed by atoms with Crippen LogP contribution in [0.4, 0.5) is 0 Å². The summed E-state index contributed by atoms with van der Waals surface area (Å²) in [6, 6.07) is 0. The highest BCUT2D eigenvalue weighted by Gasteiger charge is 2.02. The van der Waals surface area contributed by atoms with Crippen LogP contribution in [0.15, 0.2) is 0 Å². The number of hydrogen-bond donors (Lipinski definition) is 0. The van der Waals surface area contributed by atoms with Crippen molar-refractivity contribution in [2.24, 2.45) is 0 Å². The molecule has 0 unspecified atom stereocenters. The minimum Gasteiger partial charge on any atom is -0.466 e. The average Bonchev–Trinajstić information content (AvgIpc) is 2.28. The molecule has 0 aliphatic rings. The van der Waals surface area contributed by atoms with Gasteiger partial charge in [-0.1, -0.05) is 0 Å². The van der Waals surface area contributed by atoms with E-state index in [4.69, 9.17) is 9.47 Å². The topological polar surface area (TPSA) is 61.8 Å². The Labute approximate surface area is 110 Å². The predicted octanol–water partition coefficient (Wildman–Crippen LogP) is 2.32. The van der Waals surface area contributed by atoms with Gasteiger partial charge in [-0.3, -0.25) is 4.79 Å². The number of carbonyl (C=O) groups excluding carboxylic acids is 2. The van der Waals surface area contributed by atoms with Crippen molar-refractivity contribution in [1.29, 1.82) is 0 Å². The van der Waals surface area contributed by atoms with E-state index in [2.05, 4.69) is 4.74 Å². The fourth-order valence-electron chi connectivity index (χ4n) is 1.03. The van der Waals surface area contributed by atoms with Crippen LogP contribution in [0.3, 0.4) is 0 Å². The minimum absolute atomic E-state index is 0.0213. The molecule has 0 aliphatic heterocycles. The van der Waals surface area contributed by atoms with E-state index in [1.54, 1.807) is 6.92 Å². The minimum atomic E-state index is -0.294. The lowest BCUT2D eigenvalue weighted by atomic mass is 10.2. The van der Waals surface area contributed by atoms with Crippen LogP contribution in [0.25, 0.3) is 0 Å². The Morgan fingerprint density at radius 2 is 1.44 bits per heavy atom. The SMILES string of the molecule is CCOC(=O)CCC(C)=O.CCOC(C)OCC. The van der Waals surface area contributed by atoms with Crippen LogP contribution in [-0.2, 0) is 23.8 Å². The molecule has 5 nitrogen and oxygen atoms in total. The van der Waals surface area contributed by atoms with Crippen molar-refractivity contribution in [2.75, 3.05) is 19.8 Å². The summed E-state index contributed by atoms with van der Waals surface area (Å²) in [5, 5.41) is 0. The molecule has 18 heavy (non-hydrogen) atoms. The van der Waals surface area contributed by atoms with Crippen LogP contribution in [0.2, 0.25) is 0 Å². The molecule has 0 radical (unpaired) electrons. The van der Waals surface area contributed by atoms with E-state index in [0.29, 0.717) is 13.0 Å². The van der Waals surface area contributed by atoms with Gasteiger partial charge in [0.05, 0.1) is 13.0 Å². The molecule has 0 aromatic carbocycles. The predicted molar refractivity (Wildman–Crippen MR) is 69.3 cm³/mol. The van der Waals surface area contributed by atoms with Crippen molar-refractivity contribution in [2.45, 2.75) is 53.8 Å². The summed E-state index contributed by atoms with van der Waals surface area (Å²) in [7, 11) is 0. The van der Waals surface area contributed by atoms with Crippen LogP contribution < -0.4 is 0 Å². The molecule has 0 N–H and O–H groups in total. The number of Topliss-reactive ketones (excluding diaryl/α,β-unsaturated/α-hetero) is 1. The molecular formula is C13H26O5. The van der Waals surface area contributed by atoms with E-state index in [0.717, 1.165) is 13.2 Å². The third-order valence-corrected chi connectivity index (χ3v) is 1.79. The lowest BCUT2D eigenvalue weighted by Gasteiger charge is -2.09. The van der Waals surface area contributed by atoms with Crippen molar-refractivity contribution in [3.8, 4) is 0 Å². The van der Waals surface area contributed by atoms with Gasteiger partial charge < -0.3 is 19.0 Å². The number of hydrogen-bond acceptors (Lipinski definition) is 5. The monoisotopic (exact) mass is 262 g/mol. The van der Waals surface area contributed by atoms with Crippen LogP contribution in [0.5, 0.6) is 0 Å². The molecule has 0 spiro atoms. The second kappa shape index (κ2) is 14.1. The highest BCUT2D eigenvalue weighted by molar-refractivity contribution is 5.80. The third-order valence-electron chi connectivity index (χ3n) is 1.79. The summed E-state index contributed by atoms with van der Waals surface area (Å²) >= 11 is 0. The molecule has 0 aliphatic carbocycles. The third kappa shape index (κ3) is 17.5. The highest BCUT2D eigenvalue weighted by atomic mass is 16.7. The van der Waals surface area contributed by atoms with E-state index < -0.39 is 0 Å². The number of esters is 1. The number of ether oxygens (including phenoxy) is 3. The van der Waals surface area contributed by atoms with Gasteiger partial charge in [0.1, 0.15) is 5.78 Å². The summed E-state index contributed by atoms with van der Waals surface area (Å²) in [4.78, 5) is 20.9. The normalized spacial score (nSPS) is 9.67. The lowest BCUT2D eigenvalue weighted by Crippen LogP contribution is -2.11. The first kappa shape index (κ1) is 19.4. The molecule has 5 heteroatoms. The maximum Gasteiger partial charge on any atom is 0.306 e. The molecule has 0 saturated carbocycles. The largest absolute Gasteiger partial charge is 0.466 e. The smallest absolute Gasteiger partial charge is 0.306 e. The van der Waals surface area contributed by atoms with E-state index in [1.807, 2.05) is 20.8 Å². The van der Waals surface area contributed by atoms with E-state index in [-0.39, 0.29) is 24.5 Å². The fourth-order valence-corrected chi connectivity index (χ4v) is 1.03. The number of carbonyl (C=O) groups is 2. The van der Waals surface area contributed by atoms with Crippen molar-refractivity contribution < 1.29 is 23.8 Å². The second-order valence-electron chi connectivity index (χ2n) is 3.49. The molecule has 0 rings (SSSR count). The van der Waals surface area contributed by atoms with E-state index in [1.165, 1.54) is 6.92 Å². The Balaban J connectivity index is 0. The summed E-state index contributed by atoms with van der Waals surface area (Å²) < 4.78 is 14.7. The maximum absolute atomic E-state index is 10.6. The van der Waals surface area contributed by atoms with Gasteiger partial charge in [-0.05, 0) is 34.6 Å². The van der Waals surface area contributed by atoms with Crippen LogP contribution in [0, 0.1) is 0 Å². The average molecular weight is 262 g/mol. The van der Waals surface area contributed by atoms with Gasteiger partial charge in [-0.15, -0.1) is 0 Å². The summed E-state index contributed by atoms with van der Waals surface area (Å²) in [5.74, 6) is -0.272. The Hall–Kier alpha value is -0.940. The van der Waals surface area contributed by atoms with Gasteiger partial charge in [-0.25, -0.2) is 0 Å². The summed E-state index contributed by atoms with van der Waals surface area (Å²) in [6.45, 7) is 10.8. The molecule has 0 fully saturated rings. The number of ketones is 1. The fraction of sp³-hybridized carbons (Fsp3) is 0.846. The van der Waals surface area contributed by atoms with Crippen LogP contribution >= 0.6 is 0 Å². The standard InChI is InChI=1S/C7H12O3.C6H14O2/c1-3-10-7(9)5-4-6(2)8;1-4-7-6(3)8-5-2/h3-5H2,1-2H3;6H,4-5H2,1-3H3. The maximum atomic E-state index is 10.6. The molecule has 0 bridgehead atoms. The van der Waals surface area contributed by atoms with Gasteiger partial charge in [0.25, 0.3) is 0 Å². The molecule has 0 amide bonds. The molecule has 0 aromatic heterocycles. The Morgan fingerprint density at radius 3 is 1.78 bits per heavy atom. The first-order valence-corrected chi connectivity index (χ1v) is 6.36. The van der Waals surface area contributed by atoms with Crippen LogP contribution in [0.1, 0.15) is 47.5 Å². The van der Waals surface area contributed by atoms with Crippen molar-refractivity contribution in [1.82, 2.24) is 0 Å². The summed E-state index contributed by atoms with van der Waals surface area (Å²) in [5.41, 5.74) is 0. The van der Waals surface area contributed by atoms with Gasteiger partial charge >= 0.3 is 5.97 Å². The first-order valence-electron chi connectivity index (χ1n) is 6.36. The Morgan fingerprint density at radius 1 is 0.944 bits per heavy atom. The van der Waals surface area contributed by atoms with Crippen molar-refractivity contribution >= 4 is 11.8 Å². The van der Waals surface area contributed by atoms with Crippen LogP contribution in [-0.4, -0.2) is 37.9 Å². The zero-order valence-corrected chi connectivity index (χ0v) is 12.2. The zero-order valence-electron chi connectivity index (χ0n) is 12.2. The molecule has 108 valence electrons. The van der Waals surface area contributed by atoms with E-state index >= 15 is 0 Å². The van der Waals surface area contributed by atoms with Gasteiger partial charge in [0.15, 0.2) is 6.29 Å². The molecule has 0 aromatic rings. The van der Waals surface area contributed by atoms with Crippen molar-refractivity contribution in [3.05, 3.63) is 0 Å². The number of rotatable bonds is 8. The molecule has 0 heterocycles. The molecule has 0 saturated heterocycles. The molecule has 0 atom stereocenters. The van der Waals surface area contributed by atoms with Crippen molar-refractivity contribution in [3.63, 3.8) is 0 Å². The zero-order chi connectivity index (χ0) is 14.4. The Bertz CT molecular complexity index is 209. The first-order chi connectivity index (χ1) is 8.47. The highest BCUT2D eigenvalue weighted by Crippen LogP contribution is 1.93. The van der Waals surface area contributed by atoms with Gasteiger partial charge in [0.2, 0.25) is 0 Å². The summed E-state index contributed by atoms with van der Waals surface area (Å²) in [6.07, 6.45) is 0.465. The molecular weight excluding hydrogens is 236 g/mol. The van der Waals surface area contributed by atoms with E-state index in [9.17, 15) is 9.59 Å². The lowest BCUT2D eigenvalue weighted by molar-refractivity contribution is -0.144. The van der Waals surface area contributed by atoms with Gasteiger partial charge in [-0.2, -0.15) is 0 Å². The Kier molecular flexibility index (Phi) is 15.2. The quantitative estimate of drug-likeness (QED) is 0.496. The van der Waals surface area contributed by atoms with Gasteiger partial charge in [0, 0.05) is 19.6 Å². The second-order valence-corrected chi connectivity index (χ2v) is 3.49.